The van der Waals surface area contributed by atoms with Gasteiger partial charge in [-0.3, -0.25) is 13.8 Å². The van der Waals surface area contributed by atoms with Crippen molar-refractivity contribution < 1.29 is 32.8 Å². The summed E-state index contributed by atoms with van der Waals surface area (Å²) in [6.07, 6.45) is 46.7. The van der Waals surface area contributed by atoms with Crippen molar-refractivity contribution in [3.8, 4) is 0 Å². The summed E-state index contributed by atoms with van der Waals surface area (Å²) in [5.41, 5.74) is 5.36. The monoisotopic (exact) mass is 738 g/mol. The van der Waals surface area contributed by atoms with E-state index in [2.05, 4.69) is 74.6 Å². The first-order chi connectivity index (χ1) is 24.9. The van der Waals surface area contributed by atoms with Crippen molar-refractivity contribution in [2.24, 2.45) is 5.73 Å². The van der Waals surface area contributed by atoms with Crippen LogP contribution >= 0.6 is 7.82 Å². The first kappa shape index (κ1) is 49.2. The number of esters is 1. The molecule has 0 radical (unpaired) electrons. The Balaban J connectivity index is 4.15. The second-order valence-electron chi connectivity index (χ2n) is 13.1. The highest BCUT2D eigenvalue weighted by atomic mass is 31.2. The molecule has 0 aliphatic carbocycles. The van der Waals surface area contributed by atoms with Gasteiger partial charge in [0, 0.05) is 19.6 Å². The number of ether oxygens (including phenoxy) is 2. The molecule has 0 bridgehead atoms. The standard InChI is InChI=1S/C42H76NO7P/c1-3-5-7-9-11-13-15-17-19-21-23-25-27-29-31-33-35-42(44)50-41(40-49-51(45,46)48-38-36-43)39-47-37-34-32-30-28-26-24-22-20-18-16-14-12-10-8-6-4-2/h6,8,12,14,18-21,24,26,41H,3-5,7,9-11,13,15-17,22-23,25,27-40,43H2,1-2H3,(H,45,46)/b8-6-,14-12-,20-18-,21-19-,26-24-. The van der Waals surface area contributed by atoms with Crippen molar-refractivity contribution in [3.63, 3.8) is 0 Å². The number of unbranched alkanes of at least 4 members (excludes halogenated alkanes) is 15. The Kier molecular flexibility index (Phi) is 38.0. The van der Waals surface area contributed by atoms with Gasteiger partial charge in [-0.05, 0) is 77.0 Å². The summed E-state index contributed by atoms with van der Waals surface area (Å²) in [6.45, 7) is 4.70. The molecule has 0 saturated carbocycles. The van der Waals surface area contributed by atoms with E-state index in [9.17, 15) is 14.3 Å². The maximum atomic E-state index is 12.6. The van der Waals surface area contributed by atoms with Crippen LogP contribution in [0.4, 0.5) is 0 Å². The second-order valence-corrected chi connectivity index (χ2v) is 14.6. The predicted molar refractivity (Wildman–Crippen MR) is 215 cm³/mol. The normalized spacial score (nSPS) is 14.2. The summed E-state index contributed by atoms with van der Waals surface area (Å²) >= 11 is 0. The van der Waals surface area contributed by atoms with E-state index in [0.717, 1.165) is 83.5 Å². The zero-order valence-corrected chi connectivity index (χ0v) is 33.5. The molecular weight excluding hydrogens is 661 g/mol. The lowest BCUT2D eigenvalue weighted by Crippen LogP contribution is -2.28. The number of phosphoric ester groups is 1. The molecule has 0 amide bonds. The van der Waals surface area contributed by atoms with Gasteiger partial charge < -0.3 is 20.1 Å². The summed E-state index contributed by atoms with van der Waals surface area (Å²) in [5, 5.41) is 0. The maximum absolute atomic E-state index is 12.6. The van der Waals surface area contributed by atoms with Gasteiger partial charge in [-0.25, -0.2) is 4.57 Å². The van der Waals surface area contributed by atoms with Crippen LogP contribution in [0.2, 0.25) is 0 Å². The summed E-state index contributed by atoms with van der Waals surface area (Å²) in [7, 11) is -4.29. The SMILES string of the molecule is CC/C=C\C/C=C\C/C=C\C/C=C\CCCCCOCC(COP(=O)(O)OCCN)OC(=O)CCCCCCC/C=C\CCCCCCCCC. The Morgan fingerprint density at radius 3 is 1.67 bits per heavy atom. The smallest absolute Gasteiger partial charge is 0.457 e. The summed E-state index contributed by atoms with van der Waals surface area (Å²) in [6, 6.07) is 0. The molecule has 8 nitrogen and oxygen atoms in total. The first-order valence-electron chi connectivity index (χ1n) is 20.3. The molecule has 296 valence electrons. The van der Waals surface area contributed by atoms with E-state index in [1.165, 1.54) is 57.8 Å². The summed E-state index contributed by atoms with van der Waals surface area (Å²) < 4.78 is 33.3. The van der Waals surface area contributed by atoms with Gasteiger partial charge in [0.15, 0.2) is 0 Å². The third-order valence-electron chi connectivity index (χ3n) is 8.17. The molecule has 0 rings (SSSR count). The number of allylic oxidation sites excluding steroid dienone is 10. The predicted octanol–water partition coefficient (Wildman–Crippen LogP) is 11.8. The minimum absolute atomic E-state index is 0.0893. The van der Waals surface area contributed by atoms with Gasteiger partial charge in [-0.15, -0.1) is 0 Å². The number of carbonyl (C=O) groups is 1. The number of hydrogen-bond donors (Lipinski definition) is 2. The highest BCUT2D eigenvalue weighted by molar-refractivity contribution is 7.47. The topological polar surface area (TPSA) is 117 Å². The van der Waals surface area contributed by atoms with E-state index in [4.69, 9.17) is 24.3 Å². The molecule has 0 aliphatic heterocycles. The van der Waals surface area contributed by atoms with Crippen molar-refractivity contribution in [2.45, 2.75) is 168 Å². The van der Waals surface area contributed by atoms with Gasteiger partial charge in [-0.2, -0.15) is 0 Å². The average Bonchev–Trinajstić information content (AvgIpc) is 3.12. The van der Waals surface area contributed by atoms with E-state index in [0.29, 0.717) is 13.0 Å². The number of phosphoric acid groups is 1. The Bertz CT molecular complexity index is 963. The van der Waals surface area contributed by atoms with Crippen molar-refractivity contribution >= 4 is 13.8 Å². The number of nitrogens with two attached hydrogens (primary N) is 1. The minimum atomic E-state index is -4.29. The van der Waals surface area contributed by atoms with Crippen LogP contribution in [0.3, 0.4) is 0 Å². The molecule has 51 heavy (non-hydrogen) atoms. The molecule has 3 N–H and O–H groups in total. The van der Waals surface area contributed by atoms with Gasteiger partial charge in [0.2, 0.25) is 0 Å². The fourth-order valence-corrected chi connectivity index (χ4v) is 5.98. The molecule has 0 aromatic carbocycles. The van der Waals surface area contributed by atoms with Gasteiger partial charge in [0.05, 0.1) is 19.8 Å². The van der Waals surface area contributed by atoms with Crippen molar-refractivity contribution in [1.29, 1.82) is 0 Å². The molecule has 0 saturated heterocycles. The van der Waals surface area contributed by atoms with E-state index < -0.39 is 13.9 Å². The van der Waals surface area contributed by atoms with Crippen LogP contribution in [0, 0.1) is 0 Å². The van der Waals surface area contributed by atoms with Crippen LogP contribution in [0.5, 0.6) is 0 Å². The zero-order chi connectivity index (χ0) is 37.4. The second kappa shape index (κ2) is 39.4. The Morgan fingerprint density at radius 2 is 1.10 bits per heavy atom. The highest BCUT2D eigenvalue weighted by Crippen LogP contribution is 2.43. The van der Waals surface area contributed by atoms with E-state index >= 15 is 0 Å². The molecule has 0 aromatic rings. The van der Waals surface area contributed by atoms with Gasteiger partial charge in [0.25, 0.3) is 0 Å². The maximum Gasteiger partial charge on any atom is 0.472 e. The number of rotatable bonds is 38. The van der Waals surface area contributed by atoms with Gasteiger partial charge in [0.1, 0.15) is 6.10 Å². The summed E-state index contributed by atoms with van der Waals surface area (Å²) in [4.78, 5) is 22.4. The first-order valence-corrected chi connectivity index (χ1v) is 21.8. The van der Waals surface area contributed by atoms with Crippen LogP contribution in [-0.2, 0) is 27.9 Å². The van der Waals surface area contributed by atoms with Crippen LogP contribution in [-0.4, -0.2) is 49.9 Å². The third kappa shape index (κ3) is 39.2. The molecule has 0 fully saturated rings. The average molecular weight is 738 g/mol. The van der Waals surface area contributed by atoms with Crippen molar-refractivity contribution in [2.75, 3.05) is 33.0 Å². The van der Waals surface area contributed by atoms with Crippen LogP contribution in [0.25, 0.3) is 0 Å². The van der Waals surface area contributed by atoms with E-state index in [1.807, 2.05) is 0 Å². The van der Waals surface area contributed by atoms with Crippen molar-refractivity contribution in [1.82, 2.24) is 0 Å². The molecular formula is C42H76NO7P. The Morgan fingerprint density at radius 1 is 0.608 bits per heavy atom. The quantitative estimate of drug-likeness (QED) is 0.0278. The van der Waals surface area contributed by atoms with E-state index in [1.54, 1.807) is 0 Å². The zero-order valence-electron chi connectivity index (χ0n) is 32.6. The fourth-order valence-electron chi connectivity index (χ4n) is 5.22. The summed E-state index contributed by atoms with van der Waals surface area (Å²) in [5.74, 6) is -0.353. The number of hydrogen-bond acceptors (Lipinski definition) is 7. The lowest BCUT2D eigenvalue weighted by molar-refractivity contribution is -0.154. The molecule has 2 atom stereocenters. The van der Waals surface area contributed by atoms with Crippen LogP contribution in [0.1, 0.15) is 162 Å². The lowest BCUT2D eigenvalue weighted by Gasteiger charge is -2.20. The van der Waals surface area contributed by atoms with Crippen molar-refractivity contribution in [3.05, 3.63) is 60.8 Å². The fraction of sp³-hybridized carbons (Fsp3) is 0.738. The largest absolute Gasteiger partial charge is 0.472 e. The molecule has 9 heteroatoms. The van der Waals surface area contributed by atoms with Gasteiger partial charge >= 0.3 is 13.8 Å². The Hall–Kier alpha value is -1.80. The van der Waals surface area contributed by atoms with E-state index in [-0.39, 0.29) is 32.3 Å². The minimum Gasteiger partial charge on any atom is -0.457 e. The molecule has 0 aromatic heterocycles. The molecule has 0 heterocycles. The third-order valence-corrected chi connectivity index (χ3v) is 9.15. The Labute approximate surface area is 313 Å². The van der Waals surface area contributed by atoms with Crippen LogP contribution < -0.4 is 5.73 Å². The lowest BCUT2D eigenvalue weighted by atomic mass is 10.1. The molecule has 0 aliphatic rings. The van der Waals surface area contributed by atoms with Crippen LogP contribution in [0.15, 0.2) is 60.8 Å². The number of carbonyl (C=O) groups excluding carboxylic acids is 1. The van der Waals surface area contributed by atoms with Gasteiger partial charge in [-0.1, -0.05) is 139 Å². The molecule has 2 unspecified atom stereocenters. The molecule has 0 spiro atoms. The highest BCUT2D eigenvalue weighted by Gasteiger charge is 2.25.